The Hall–Kier alpha value is -3.32. The molecule has 0 aliphatic carbocycles. The molecular formula is C30H31N. The third-order valence-corrected chi connectivity index (χ3v) is 5.88. The fraction of sp³-hybridized carbons (Fsp3) is 0.200. The van der Waals surface area contributed by atoms with Gasteiger partial charge in [0.1, 0.15) is 0 Å². The first kappa shape index (κ1) is 20.9. The maximum atomic E-state index is 3.70. The van der Waals surface area contributed by atoms with E-state index in [9.17, 15) is 0 Å². The smallest absolute Gasteiger partial charge is 0.0464 e. The maximum Gasteiger partial charge on any atom is 0.0464 e. The van der Waals surface area contributed by atoms with Crippen molar-refractivity contribution in [2.75, 3.05) is 5.32 Å². The summed E-state index contributed by atoms with van der Waals surface area (Å²) in [7, 11) is 0. The fourth-order valence-electron chi connectivity index (χ4n) is 4.15. The Balaban J connectivity index is 1.77. The minimum atomic E-state index is 0.102. The van der Waals surface area contributed by atoms with Gasteiger partial charge in [-0.05, 0) is 76.9 Å². The lowest BCUT2D eigenvalue weighted by atomic mass is 9.85. The van der Waals surface area contributed by atoms with Crippen molar-refractivity contribution in [2.24, 2.45) is 0 Å². The summed E-state index contributed by atoms with van der Waals surface area (Å²) >= 11 is 0. The first-order valence-electron chi connectivity index (χ1n) is 11.0. The molecule has 0 unspecified atom stereocenters. The van der Waals surface area contributed by atoms with E-state index in [1.807, 2.05) is 0 Å². The molecule has 4 aromatic carbocycles. The average molecular weight is 406 g/mol. The molecule has 0 amide bonds. The van der Waals surface area contributed by atoms with Crippen LogP contribution < -0.4 is 5.32 Å². The standard InChI is InChI=1S/C30H31N/c1-21-11-9-12-22(2)29(21)24-15-10-16-26(19-24)31-28-18-17-25(30(3,4)5)20-27(28)23-13-7-6-8-14-23/h6-20,31H,1-5H3. The molecule has 0 aliphatic rings. The molecule has 4 rings (SSSR count). The zero-order valence-corrected chi connectivity index (χ0v) is 19.2. The second-order valence-corrected chi connectivity index (χ2v) is 9.35. The average Bonchev–Trinajstić information content (AvgIpc) is 2.74. The van der Waals surface area contributed by atoms with Crippen molar-refractivity contribution in [3.63, 3.8) is 0 Å². The number of anilines is 2. The van der Waals surface area contributed by atoms with E-state index in [-0.39, 0.29) is 5.41 Å². The van der Waals surface area contributed by atoms with Gasteiger partial charge in [0.15, 0.2) is 0 Å². The summed E-state index contributed by atoms with van der Waals surface area (Å²) in [6, 6.07) is 32.6. The molecule has 0 heterocycles. The van der Waals surface area contributed by atoms with Crippen LogP contribution in [0.2, 0.25) is 0 Å². The minimum absolute atomic E-state index is 0.102. The number of hydrogen-bond acceptors (Lipinski definition) is 1. The van der Waals surface area contributed by atoms with Gasteiger partial charge < -0.3 is 5.32 Å². The molecule has 1 N–H and O–H groups in total. The summed E-state index contributed by atoms with van der Waals surface area (Å²) in [5.41, 5.74) is 11.3. The highest BCUT2D eigenvalue weighted by atomic mass is 14.9. The summed E-state index contributed by atoms with van der Waals surface area (Å²) < 4.78 is 0. The van der Waals surface area contributed by atoms with Crippen LogP contribution in [0.4, 0.5) is 11.4 Å². The molecule has 156 valence electrons. The summed E-state index contributed by atoms with van der Waals surface area (Å²) in [4.78, 5) is 0. The molecule has 0 aromatic heterocycles. The van der Waals surface area contributed by atoms with Crippen LogP contribution >= 0.6 is 0 Å². The molecule has 0 bridgehead atoms. The van der Waals surface area contributed by atoms with Gasteiger partial charge in [0.25, 0.3) is 0 Å². The van der Waals surface area contributed by atoms with Crippen molar-refractivity contribution < 1.29 is 0 Å². The van der Waals surface area contributed by atoms with Crippen molar-refractivity contribution >= 4 is 11.4 Å². The second kappa shape index (κ2) is 8.43. The van der Waals surface area contributed by atoms with Crippen LogP contribution in [0.1, 0.15) is 37.5 Å². The Morgan fingerprint density at radius 1 is 0.613 bits per heavy atom. The molecule has 0 fully saturated rings. The van der Waals surface area contributed by atoms with E-state index in [1.165, 1.54) is 38.9 Å². The molecule has 0 atom stereocenters. The lowest BCUT2D eigenvalue weighted by Crippen LogP contribution is -2.11. The molecule has 0 spiro atoms. The summed E-state index contributed by atoms with van der Waals surface area (Å²) in [6.07, 6.45) is 0. The van der Waals surface area contributed by atoms with Gasteiger partial charge in [0.05, 0.1) is 0 Å². The van der Waals surface area contributed by atoms with Crippen molar-refractivity contribution in [3.8, 4) is 22.3 Å². The Labute approximate surface area is 186 Å². The first-order valence-corrected chi connectivity index (χ1v) is 11.0. The van der Waals surface area contributed by atoms with E-state index in [0.717, 1.165) is 11.4 Å². The number of rotatable bonds is 4. The normalized spacial score (nSPS) is 11.4. The SMILES string of the molecule is Cc1cccc(C)c1-c1cccc(Nc2ccc(C(C)(C)C)cc2-c2ccccc2)c1. The number of nitrogens with one attached hydrogen (secondary N) is 1. The van der Waals surface area contributed by atoms with Crippen LogP contribution in [0.15, 0.2) is 91.0 Å². The molecular weight excluding hydrogens is 374 g/mol. The summed E-state index contributed by atoms with van der Waals surface area (Å²) in [5, 5.41) is 3.70. The first-order chi connectivity index (χ1) is 14.8. The van der Waals surface area contributed by atoms with Crippen molar-refractivity contribution in [1.29, 1.82) is 0 Å². The molecule has 0 saturated carbocycles. The van der Waals surface area contributed by atoms with E-state index in [2.05, 4.69) is 131 Å². The van der Waals surface area contributed by atoms with Gasteiger partial charge in [-0.3, -0.25) is 0 Å². The van der Waals surface area contributed by atoms with Crippen LogP contribution in [0.3, 0.4) is 0 Å². The number of hydrogen-bond donors (Lipinski definition) is 1. The van der Waals surface area contributed by atoms with Crippen molar-refractivity contribution in [2.45, 2.75) is 40.0 Å². The highest BCUT2D eigenvalue weighted by molar-refractivity contribution is 5.83. The molecule has 0 radical (unpaired) electrons. The van der Waals surface area contributed by atoms with Gasteiger partial charge in [0, 0.05) is 16.9 Å². The Kier molecular flexibility index (Phi) is 5.69. The molecule has 4 aromatic rings. The molecule has 31 heavy (non-hydrogen) atoms. The molecule has 0 saturated heterocycles. The van der Waals surface area contributed by atoms with Gasteiger partial charge in [-0.25, -0.2) is 0 Å². The van der Waals surface area contributed by atoms with Crippen LogP contribution in [0.25, 0.3) is 22.3 Å². The quantitative estimate of drug-likeness (QED) is 0.358. The fourth-order valence-corrected chi connectivity index (χ4v) is 4.15. The topological polar surface area (TPSA) is 12.0 Å². The van der Waals surface area contributed by atoms with Crippen LogP contribution in [0, 0.1) is 13.8 Å². The van der Waals surface area contributed by atoms with Crippen molar-refractivity contribution in [1.82, 2.24) is 0 Å². The Bertz CT molecular complexity index is 1180. The minimum Gasteiger partial charge on any atom is -0.355 e. The summed E-state index contributed by atoms with van der Waals surface area (Å²) in [5.74, 6) is 0. The molecule has 1 nitrogen and oxygen atoms in total. The van der Waals surface area contributed by atoms with Gasteiger partial charge >= 0.3 is 0 Å². The van der Waals surface area contributed by atoms with Crippen LogP contribution in [-0.2, 0) is 5.41 Å². The predicted molar refractivity (Wildman–Crippen MR) is 135 cm³/mol. The lowest BCUT2D eigenvalue weighted by Gasteiger charge is -2.22. The van der Waals surface area contributed by atoms with E-state index in [4.69, 9.17) is 0 Å². The number of benzene rings is 4. The maximum absolute atomic E-state index is 3.70. The molecule has 1 heteroatoms. The van der Waals surface area contributed by atoms with Crippen molar-refractivity contribution in [3.05, 3.63) is 108 Å². The third-order valence-electron chi connectivity index (χ3n) is 5.88. The van der Waals surface area contributed by atoms with E-state index < -0.39 is 0 Å². The summed E-state index contributed by atoms with van der Waals surface area (Å²) in [6.45, 7) is 11.1. The lowest BCUT2D eigenvalue weighted by molar-refractivity contribution is 0.590. The largest absolute Gasteiger partial charge is 0.355 e. The van der Waals surface area contributed by atoms with Gasteiger partial charge in [-0.15, -0.1) is 0 Å². The second-order valence-electron chi connectivity index (χ2n) is 9.35. The highest BCUT2D eigenvalue weighted by Gasteiger charge is 2.16. The van der Waals surface area contributed by atoms with E-state index in [1.54, 1.807) is 0 Å². The third kappa shape index (κ3) is 4.56. The van der Waals surface area contributed by atoms with E-state index in [0.29, 0.717) is 0 Å². The zero-order valence-electron chi connectivity index (χ0n) is 19.2. The highest BCUT2D eigenvalue weighted by Crippen LogP contribution is 2.36. The van der Waals surface area contributed by atoms with Gasteiger partial charge in [0.2, 0.25) is 0 Å². The number of aryl methyl sites for hydroxylation is 2. The Morgan fingerprint density at radius 3 is 1.94 bits per heavy atom. The van der Waals surface area contributed by atoms with Crippen LogP contribution in [0.5, 0.6) is 0 Å². The predicted octanol–water partition coefficient (Wildman–Crippen LogP) is 8.68. The zero-order chi connectivity index (χ0) is 22.0. The van der Waals surface area contributed by atoms with Gasteiger partial charge in [-0.1, -0.05) is 87.5 Å². The van der Waals surface area contributed by atoms with Gasteiger partial charge in [-0.2, -0.15) is 0 Å². The molecule has 0 aliphatic heterocycles. The monoisotopic (exact) mass is 405 g/mol. The Morgan fingerprint density at radius 2 is 1.26 bits per heavy atom. The van der Waals surface area contributed by atoms with Crippen LogP contribution in [-0.4, -0.2) is 0 Å². The van der Waals surface area contributed by atoms with E-state index >= 15 is 0 Å².